The fraction of sp³-hybridized carbons (Fsp3) is 0.355. The minimum atomic E-state index is -1.24. The number of benzene rings is 2. The molecule has 3 aromatic rings. The Labute approximate surface area is 253 Å². The molecule has 11 nitrogen and oxygen atoms in total. The number of methoxy groups -OCH3 is 1. The number of aliphatic hydroxyl groups excluding tert-OH is 1. The van der Waals surface area contributed by atoms with Crippen LogP contribution in [-0.2, 0) is 14.3 Å². The van der Waals surface area contributed by atoms with Crippen molar-refractivity contribution in [2.75, 3.05) is 31.7 Å². The van der Waals surface area contributed by atoms with Gasteiger partial charge in [0.05, 0.1) is 24.0 Å². The van der Waals surface area contributed by atoms with E-state index in [1.807, 2.05) is 55.5 Å². The summed E-state index contributed by atoms with van der Waals surface area (Å²) in [4.78, 5) is 47.5. The molecule has 4 heterocycles. The zero-order valence-corrected chi connectivity index (χ0v) is 24.7. The summed E-state index contributed by atoms with van der Waals surface area (Å²) in [5.41, 5.74) is 3.03. The Morgan fingerprint density at radius 1 is 1.16 bits per heavy atom. The maximum absolute atomic E-state index is 13.6. The minimum Gasteiger partial charge on any atom is -0.457 e. The number of piperidine rings is 1. The zero-order valence-electron chi connectivity index (χ0n) is 23.9. The van der Waals surface area contributed by atoms with Gasteiger partial charge < -0.3 is 30.1 Å². The maximum Gasteiger partial charge on any atom is 0.327 e. The third-order valence-electron chi connectivity index (χ3n) is 7.84. The Balaban J connectivity index is 1.18. The molecule has 1 saturated heterocycles. The Kier molecular flexibility index (Phi) is 8.24. The van der Waals surface area contributed by atoms with Gasteiger partial charge in [0, 0.05) is 38.0 Å². The van der Waals surface area contributed by atoms with E-state index >= 15 is 0 Å². The van der Waals surface area contributed by atoms with Crippen molar-refractivity contribution in [2.45, 2.75) is 48.2 Å². The molecule has 0 bridgehead atoms. The molecule has 0 radical (unpaired) electrons. The van der Waals surface area contributed by atoms with Crippen molar-refractivity contribution in [1.82, 2.24) is 20.5 Å². The molecular formula is C31H33N5O6S. The quantitative estimate of drug-likeness (QED) is 0.355. The summed E-state index contributed by atoms with van der Waals surface area (Å²) in [6.07, 6.45) is 1.82. The predicted octanol–water partition coefficient (Wildman–Crippen LogP) is 3.67. The molecule has 1 aromatic heterocycles. The molecule has 224 valence electrons. The van der Waals surface area contributed by atoms with Crippen LogP contribution in [0.3, 0.4) is 0 Å². The van der Waals surface area contributed by atoms with E-state index < -0.39 is 23.3 Å². The number of carbonyl (C=O) groups is 3. The topological polar surface area (TPSA) is 133 Å². The second kappa shape index (κ2) is 12.2. The van der Waals surface area contributed by atoms with Crippen LogP contribution in [0.5, 0.6) is 11.5 Å². The molecule has 6 rings (SSSR count). The first kappa shape index (κ1) is 29.0. The number of carbonyl (C=O) groups excluding carboxylic acids is 3. The Hall–Kier alpha value is -4.13. The number of aliphatic hydroxyl groups is 1. The summed E-state index contributed by atoms with van der Waals surface area (Å²) >= 11 is 1.32. The van der Waals surface area contributed by atoms with Crippen molar-refractivity contribution in [2.24, 2.45) is 0 Å². The van der Waals surface area contributed by atoms with Gasteiger partial charge in [-0.1, -0.05) is 30.0 Å². The number of para-hydroxylation sites is 1. The second-order valence-electron chi connectivity index (χ2n) is 10.8. The van der Waals surface area contributed by atoms with Gasteiger partial charge in [-0.2, -0.15) is 0 Å². The zero-order chi connectivity index (χ0) is 30.1. The number of pyridine rings is 1. The van der Waals surface area contributed by atoms with Crippen LogP contribution >= 0.6 is 11.8 Å². The number of rotatable bonds is 8. The molecular weight excluding hydrogens is 570 g/mol. The van der Waals surface area contributed by atoms with Gasteiger partial charge in [0.15, 0.2) is 6.10 Å². The molecule has 0 saturated carbocycles. The molecule has 1 fully saturated rings. The van der Waals surface area contributed by atoms with Crippen LogP contribution in [0, 0.1) is 6.92 Å². The number of aryl methyl sites for hydroxylation is 1. The monoisotopic (exact) mass is 603 g/mol. The highest BCUT2D eigenvalue weighted by Gasteiger charge is 2.47. The van der Waals surface area contributed by atoms with E-state index in [0.29, 0.717) is 48.1 Å². The first-order chi connectivity index (χ1) is 20.8. The van der Waals surface area contributed by atoms with Gasteiger partial charge in [-0.05, 0) is 61.7 Å². The van der Waals surface area contributed by atoms with Crippen LogP contribution in [0.1, 0.15) is 30.0 Å². The van der Waals surface area contributed by atoms with Gasteiger partial charge in [0.2, 0.25) is 5.91 Å². The van der Waals surface area contributed by atoms with Crippen molar-refractivity contribution in [1.29, 1.82) is 0 Å². The van der Waals surface area contributed by atoms with Crippen LogP contribution in [0.2, 0.25) is 0 Å². The van der Waals surface area contributed by atoms with E-state index in [-0.39, 0.29) is 24.6 Å². The lowest BCUT2D eigenvalue weighted by Crippen LogP contribution is -2.55. The van der Waals surface area contributed by atoms with Crippen molar-refractivity contribution in [3.05, 3.63) is 71.9 Å². The lowest BCUT2D eigenvalue weighted by molar-refractivity contribution is -0.144. The minimum absolute atomic E-state index is 0.0812. The van der Waals surface area contributed by atoms with Gasteiger partial charge in [0.1, 0.15) is 21.8 Å². The Morgan fingerprint density at radius 2 is 1.98 bits per heavy atom. The molecule has 3 N–H and O–H groups in total. The highest BCUT2D eigenvalue weighted by molar-refractivity contribution is 8.01. The normalized spacial score (nSPS) is 21.6. The maximum atomic E-state index is 13.6. The second-order valence-corrected chi connectivity index (χ2v) is 11.9. The lowest BCUT2D eigenvalue weighted by Gasteiger charge is -2.36. The largest absolute Gasteiger partial charge is 0.457 e. The first-order valence-corrected chi connectivity index (χ1v) is 15.1. The Morgan fingerprint density at radius 3 is 2.74 bits per heavy atom. The van der Waals surface area contributed by atoms with Crippen molar-refractivity contribution in [3.8, 4) is 11.5 Å². The fourth-order valence-corrected chi connectivity index (χ4v) is 7.09. The number of urea groups is 1. The summed E-state index contributed by atoms with van der Waals surface area (Å²) in [6.45, 7) is 2.65. The van der Waals surface area contributed by atoms with E-state index in [4.69, 9.17) is 9.47 Å². The van der Waals surface area contributed by atoms with Crippen LogP contribution in [0.4, 0.5) is 16.2 Å². The highest BCUT2D eigenvalue weighted by atomic mass is 32.2. The number of thioether (sulfide) groups is 1. The average Bonchev–Trinajstić information content (AvgIpc) is 3.38. The number of hydrogen-bond donors (Lipinski definition) is 3. The van der Waals surface area contributed by atoms with Crippen LogP contribution < -0.4 is 20.3 Å². The third kappa shape index (κ3) is 5.77. The number of anilines is 2. The third-order valence-corrected chi connectivity index (χ3v) is 9.13. The van der Waals surface area contributed by atoms with Gasteiger partial charge in [-0.3, -0.25) is 14.5 Å². The molecule has 3 aliphatic rings. The smallest absolute Gasteiger partial charge is 0.327 e. The van der Waals surface area contributed by atoms with Gasteiger partial charge >= 0.3 is 6.03 Å². The van der Waals surface area contributed by atoms with E-state index in [0.717, 1.165) is 16.9 Å². The molecule has 0 spiro atoms. The number of nitrogens with one attached hydrogen (secondary N) is 2. The van der Waals surface area contributed by atoms with E-state index in [1.165, 1.54) is 18.9 Å². The number of likely N-dealkylation sites (tertiary alicyclic amines) is 1. The summed E-state index contributed by atoms with van der Waals surface area (Å²) in [7, 11) is 1.43. The van der Waals surface area contributed by atoms with Crippen LogP contribution in [-0.4, -0.2) is 77.0 Å². The number of hydrogen-bond acceptors (Lipinski definition) is 8. The summed E-state index contributed by atoms with van der Waals surface area (Å²) in [6, 6.07) is 15.7. The molecule has 4 amide bonds. The van der Waals surface area contributed by atoms with Gasteiger partial charge in [-0.25, -0.2) is 9.78 Å². The van der Waals surface area contributed by atoms with Crippen LogP contribution in [0.25, 0.3) is 0 Å². The summed E-state index contributed by atoms with van der Waals surface area (Å²) < 4.78 is 10.9. The molecule has 12 heteroatoms. The highest BCUT2D eigenvalue weighted by Crippen LogP contribution is 2.51. The fourth-order valence-electron chi connectivity index (χ4n) is 5.85. The van der Waals surface area contributed by atoms with E-state index in [2.05, 4.69) is 15.6 Å². The molecule has 2 unspecified atom stereocenters. The van der Waals surface area contributed by atoms with Gasteiger partial charge in [0.25, 0.3) is 5.91 Å². The predicted molar refractivity (Wildman–Crippen MR) is 161 cm³/mol. The van der Waals surface area contributed by atoms with E-state index in [1.54, 1.807) is 22.1 Å². The summed E-state index contributed by atoms with van der Waals surface area (Å²) in [5, 5.41) is 16.3. The van der Waals surface area contributed by atoms with Crippen LogP contribution in [0.15, 0.2) is 65.8 Å². The average molecular weight is 604 g/mol. The van der Waals surface area contributed by atoms with Crippen molar-refractivity contribution < 1.29 is 29.0 Å². The van der Waals surface area contributed by atoms with Gasteiger partial charge in [-0.15, -0.1) is 0 Å². The number of ether oxygens (including phenoxy) is 2. The number of aromatic nitrogens is 1. The lowest BCUT2D eigenvalue weighted by atomic mass is 9.98. The molecule has 4 atom stereocenters. The summed E-state index contributed by atoms with van der Waals surface area (Å²) in [5.74, 6) is 0.735. The van der Waals surface area contributed by atoms with Crippen molar-refractivity contribution in [3.63, 3.8) is 0 Å². The molecule has 2 aromatic carbocycles. The number of nitrogens with zero attached hydrogens (tertiary/aromatic N) is 3. The standard InChI is InChI=1S/C31H33N5O6S/c1-18-15-21(42-20-8-4-3-5-9-20)10-11-22(18)36-23-12-13-32-29-25(23)26(34-31(36)40)27(43-29)28(38)33-19-7-6-14-35(16-19)30(39)24(37)17-41-2/h3-5,8-13,15,19,24,26-27,37H,6-7,14,16-17H2,1-2H3,(H,33,38)(H,34,40)/t19-,24-,26?,27?/m1/s1. The Bertz CT molecular complexity index is 1540. The number of amides is 4. The molecule has 0 aliphatic carbocycles. The van der Waals surface area contributed by atoms with Crippen molar-refractivity contribution >= 4 is 41.0 Å². The van der Waals surface area contributed by atoms with E-state index in [9.17, 15) is 19.5 Å². The first-order valence-electron chi connectivity index (χ1n) is 14.2. The molecule has 3 aliphatic heterocycles. The molecule has 43 heavy (non-hydrogen) atoms. The SMILES string of the molecule is COC[C@@H](O)C(=O)N1CCC[C@@H](NC(=O)C2Sc3nccc4c3C2NC(=O)N4c2ccc(Oc3ccccc3)cc2C)C1.